The van der Waals surface area contributed by atoms with Crippen LogP contribution < -0.4 is 4.74 Å². The van der Waals surface area contributed by atoms with Crippen LogP contribution in [0.2, 0.25) is 10.0 Å². The molecule has 1 aromatic rings. The Balaban J connectivity index is 2.27. The molecule has 2 rings (SSSR count). The number of likely N-dealkylation sites (tertiary alicyclic amines) is 1. The SMILES string of the molecule is C=CCOc1cc(Cl)c(Cl)cc1C(=O)[C@H]1CCN(C(=O)O)C[C@H]1C. The maximum atomic E-state index is 13.0. The second-order valence-corrected chi connectivity index (χ2v) is 6.64. The molecule has 1 aliphatic heterocycles. The van der Waals surface area contributed by atoms with E-state index in [4.69, 9.17) is 33.0 Å². The zero-order chi connectivity index (χ0) is 17.9. The minimum atomic E-state index is -0.961. The Morgan fingerprint density at radius 3 is 2.67 bits per heavy atom. The van der Waals surface area contributed by atoms with Gasteiger partial charge >= 0.3 is 6.09 Å². The number of nitrogens with zero attached hydrogens (tertiary/aromatic N) is 1. The van der Waals surface area contributed by atoms with Crippen molar-refractivity contribution in [3.05, 3.63) is 40.4 Å². The van der Waals surface area contributed by atoms with Crippen LogP contribution in [-0.4, -0.2) is 41.6 Å². The molecule has 0 saturated carbocycles. The topological polar surface area (TPSA) is 66.8 Å². The quantitative estimate of drug-likeness (QED) is 0.615. The lowest BCUT2D eigenvalue weighted by molar-refractivity contribution is 0.0707. The van der Waals surface area contributed by atoms with E-state index in [2.05, 4.69) is 6.58 Å². The van der Waals surface area contributed by atoms with Crippen molar-refractivity contribution in [3.8, 4) is 5.75 Å². The number of carbonyl (C=O) groups is 2. The standard InChI is InChI=1S/C17H19Cl2NO4/c1-3-6-24-15-8-14(19)13(18)7-12(15)16(21)11-4-5-20(17(22)23)9-10(11)2/h3,7-8,10-11H,1,4-6,9H2,2H3,(H,22,23)/t10-,11+/m1/s1. The second-order valence-electron chi connectivity index (χ2n) is 5.83. The van der Waals surface area contributed by atoms with Gasteiger partial charge in [-0.05, 0) is 18.4 Å². The summed E-state index contributed by atoms with van der Waals surface area (Å²) in [7, 11) is 0. The summed E-state index contributed by atoms with van der Waals surface area (Å²) >= 11 is 12.1. The van der Waals surface area contributed by atoms with Gasteiger partial charge in [-0.15, -0.1) is 0 Å². The van der Waals surface area contributed by atoms with Gasteiger partial charge in [0.15, 0.2) is 5.78 Å². The predicted octanol–water partition coefficient (Wildman–Crippen LogP) is 4.38. The molecule has 0 aromatic heterocycles. The van der Waals surface area contributed by atoms with E-state index in [1.54, 1.807) is 6.08 Å². The lowest BCUT2D eigenvalue weighted by atomic mass is 9.81. The number of carboxylic acid groups (broad SMARTS) is 1. The Morgan fingerprint density at radius 2 is 2.08 bits per heavy atom. The second kappa shape index (κ2) is 7.90. The van der Waals surface area contributed by atoms with Crippen LogP contribution >= 0.6 is 23.2 Å². The maximum Gasteiger partial charge on any atom is 0.407 e. The van der Waals surface area contributed by atoms with Gasteiger partial charge < -0.3 is 14.7 Å². The predicted molar refractivity (Wildman–Crippen MR) is 93.4 cm³/mol. The Labute approximate surface area is 150 Å². The molecule has 7 heteroatoms. The monoisotopic (exact) mass is 371 g/mol. The number of Topliss-reactive ketones (excluding diaryl/α,β-unsaturated/α-hetero) is 1. The van der Waals surface area contributed by atoms with Crippen LogP contribution in [-0.2, 0) is 0 Å². The molecule has 1 N–H and O–H groups in total. The van der Waals surface area contributed by atoms with Crippen LogP contribution in [0.1, 0.15) is 23.7 Å². The van der Waals surface area contributed by atoms with Crippen LogP contribution in [0.25, 0.3) is 0 Å². The molecule has 1 aliphatic rings. The van der Waals surface area contributed by atoms with Crippen molar-refractivity contribution in [2.75, 3.05) is 19.7 Å². The average Bonchev–Trinajstić information content (AvgIpc) is 2.54. The van der Waals surface area contributed by atoms with Crippen molar-refractivity contribution in [2.24, 2.45) is 11.8 Å². The molecule has 0 unspecified atom stereocenters. The molecule has 1 saturated heterocycles. The zero-order valence-corrected chi connectivity index (χ0v) is 14.8. The number of ketones is 1. The van der Waals surface area contributed by atoms with E-state index < -0.39 is 6.09 Å². The van der Waals surface area contributed by atoms with Crippen LogP contribution in [0.5, 0.6) is 5.75 Å². The van der Waals surface area contributed by atoms with Gasteiger partial charge in [-0.1, -0.05) is 42.8 Å². The van der Waals surface area contributed by atoms with Crippen molar-refractivity contribution < 1.29 is 19.4 Å². The van der Waals surface area contributed by atoms with Crippen molar-refractivity contribution in [2.45, 2.75) is 13.3 Å². The fraction of sp³-hybridized carbons (Fsp3) is 0.412. The summed E-state index contributed by atoms with van der Waals surface area (Å²) in [6, 6.07) is 3.04. The molecule has 24 heavy (non-hydrogen) atoms. The third kappa shape index (κ3) is 4.02. The molecular weight excluding hydrogens is 353 g/mol. The number of ether oxygens (including phenoxy) is 1. The van der Waals surface area contributed by atoms with Crippen LogP contribution in [0.4, 0.5) is 4.79 Å². The summed E-state index contributed by atoms with van der Waals surface area (Å²) in [5.74, 6) is -0.125. The van der Waals surface area contributed by atoms with E-state index in [1.165, 1.54) is 17.0 Å². The molecule has 130 valence electrons. The van der Waals surface area contributed by atoms with Gasteiger partial charge in [-0.25, -0.2) is 4.79 Å². The summed E-state index contributed by atoms with van der Waals surface area (Å²) in [6.45, 7) is 6.37. The van der Waals surface area contributed by atoms with Gasteiger partial charge in [0.1, 0.15) is 12.4 Å². The van der Waals surface area contributed by atoms with Gasteiger partial charge in [0, 0.05) is 25.1 Å². The van der Waals surface area contributed by atoms with Crippen molar-refractivity contribution in [3.63, 3.8) is 0 Å². The fourth-order valence-corrected chi connectivity index (χ4v) is 3.22. The number of benzene rings is 1. The molecule has 1 fully saturated rings. The smallest absolute Gasteiger partial charge is 0.407 e. The molecule has 2 atom stereocenters. The van der Waals surface area contributed by atoms with Gasteiger partial charge in [-0.2, -0.15) is 0 Å². The van der Waals surface area contributed by atoms with Gasteiger partial charge in [-0.3, -0.25) is 4.79 Å². The van der Waals surface area contributed by atoms with Crippen LogP contribution in [0.3, 0.4) is 0 Å². The van der Waals surface area contributed by atoms with E-state index >= 15 is 0 Å². The number of piperidine rings is 1. The van der Waals surface area contributed by atoms with E-state index in [9.17, 15) is 9.59 Å². The maximum absolute atomic E-state index is 13.0. The molecule has 0 spiro atoms. The first-order valence-corrected chi connectivity index (χ1v) is 8.35. The summed E-state index contributed by atoms with van der Waals surface area (Å²) < 4.78 is 5.54. The molecule has 0 radical (unpaired) electrons. The van der Waals surface area contributed by atoms with E-state index in [0.717, 1.165) is 0 Å². The minimum Gasteiger partial charge on any atom is -0.489 e. The molecule has 1 aromatic carbocycles. The Morgan fingerprint density at radius 1 is 1.42 bits per heavy atom. The van der Waals surface area contributed by atoms with E-state index in [-0.39, 0.29) is 29.2 Å². The highest BCUT2D eigenvalue weighted by Crippen LogP contribution is 2.35. The molecule has 0 bridgehead atoms. The lowest BCUT2D eigenvalue weighted by Crippen LogP contribution is -2.44. The highest BCUT2D eigenvalue weighted by molar-refractivity contribution is 6.42. The first kappa shape index (κ1) is 18.6. The average molecular weight is 372 g/mol. The number of hydrogen-bond donors (Lipinski definition) is 1. The van der Waals surface area contributed by atoms with Crippen LogP contribution in [0.15, 0.2) is 24.8 Å². The highest BCUT2D eigenvalue weighted by Gasteiger charge is 2.34. The minimum absolute atomic E-state index is 0.0935. The van der Waals surface area contributed by atoms with Gasteiger partial charge in [0.05, 0.1) is 15.6 Å². The zero-order valence-electron chi connectivity index (χ0n) is 13.3. The molecule has 5 nitrogen and oxygen atoms in total. The summed E-state index contributed by atoms with van der Waals surface area (Å²) in [5.41, 5.74) is 0.367. The van der Waals surface area contributed by atoms with Crippen molar-refractivity contribution in [1.29, 1.82) is 0 Å². The molecule has 1 heterocycles. The summed E-state index contributed by atoms with van der Waals surface area (Å²) in [5, 5.41) is 9.67. The largest absolute Gasteiger partial charge is 0.489 e. The third-order valence-electron chi connectivity index (χ3n) is 4.16. The Bertz CT molecular complexity index is 662. The van der Waals surface area contributed by atoms with Crippen LogP contribution in [0, 0.1) is 11.8 Å². The third-order valence-corrected chi connectivity index (χ3v) is 4.88. The van der Waals surface area contributed by atoms with Gasteiger partial charge in [0.25, 0.3) is 0 Å². The Hall–Kier alpha value is -1.72. The van der Waals surface area contributed by atoms with E-state index in [1.807, 2.05) is 6.92 Å². The number of carbonyl (C=O) groups excluding carboxylic acids is 1. The number of halogens is 2. The molecule has 1 amide bonds. The van der Waals surface area contributed by atoms with Crippen molar-refractivity contribution in [1.82, 2.24) is 4.90 Å². The highest BCUT2D eigenvalue weighted by atomic mass is 35.5. The normalized spacial score (nSPS) is 20.5. The van der Waals surface area contributed by atoms with Crippen molar-refractivity contribution >= 4 is 35.1 Å². The number of hydrogen-bond acceptors (Lipinski definition) is 3. The Kier molecular flexibility index (Phi) is 6.13. The first-order chi connectivity index (χ1) is 11.3. The molecular formula is C17H19Cl2NO4. The number of amides is 1. The fourth-order valence-electron chi connectivity index (χ4n) is 2.90. The van der Waals surface area contributed by atoms with E-state index in [0.29, 0.717) is 35.8 Å². The summed E-state index contributed by atoms with van der Waals surface area (Å²) in [6.07, 6.45) is 1.08. The number of rotatable bonds is 5. The first-order valence-electron chi connectivity index (χ1n) is 7.60. The van der Waals surface area contributed by atoms with Gasteiger partial charge in [0.2, 0.25) is 0 Å². The molecule has 0 aliphatic carbocycles. The summed E-state index contributed by atoms with van der Waals surface area (Å²) in [4.78, 5) is 25.4. The lowest BCUT2D eigenvalue weighted by Gasteiger charge is -2.34.